The smallest absolute Gasteiger partial charge is 0.317 e. The van der Waals surface area contributed by atoms with Crippen LogP contribution < -0.4 is 10.5 Å². The summed E-state index contributed by atoms with van der Waals surface area (Å²) >= 11 is 0. The minimum atomic E-state index is -0.821. The first kappa shape index (κ1) is 14.5. The summed E-state index contributed by atoms with van der Waals surface area (Å²) in [5, 5.41) is 8.77. The molecule has 7 nitrogen and oxygen atoms in total. The van der Waals surface area contributed by atoms with Gasteiger partial charge in [0.05, 0.1) is 6.54 Å². The zero-order valence-electron chi connectivity index (χ0n) is 11.8. The maximum atomic E-state index is 12.3. The third kappa shape index (κ3) is 3.16. The molecule has 0 radical (unpaired) electrons. The quantitative estimate of drug-likeness (QED) is 0.838. The van der Waals surface area contributed by atoms with Gasteiger partial charge in [0, 0.05) is 44.6 Å². The molecule has 0 spiro atoms. The molecule has 0 aromatic carbocycles. The van der Waals surface area contributed by atoms with E-state index in [4.69, 9.17) is 5.11 Å². The number of carboxylic acids is 1. The van der Waals surface area contributed by atoms with Crippen molar-refractivity contribution in [1.29, 1.82) is 0 Å². The number of hydrogen-bond donors (Lipinski definition) is 1. The van der Waals surface area contributed by atoms with Gasteiger partial charge in [-0.05, 0) is 13.8 Å². The number of carboxylic acid groups (broad SMARTS) is 1. The van der Waals surface area contributed by atoms with Crippen LogP contribution in [0.25, 0.3) is 0 Å². The lowest BCUT2D eigenvalue weighted by molar-refractivity contribution is -0.138. The largest absolute Gasteiger partial charge is 0.480 e. The summed E-state index contributed by atoms with van der Waals surface area (Å²) in [4.78, 5) is 31.0. The molecule has 1 N–H and O–H groups in total. The van der Waals surface area contributed by atoms with E-state index in [0.29, 0.717) is 32.0 Å². The van der Waals surface area contributed by atoms with Crippen LogP contribution in [-0.2, 0) is 4.79 Å². The molecule has 0 atom stereocenters. The highest BCUT2D eigenvalue weighted by Gasteiger charge is 2.22. The minimum absolute atomic E-state index is 0.0479. The van der Waals surface area contributed by atoms with Crippen LogP contribution in [0.3, 0.4) is 0 Å². The van der Waals surface area contributed by atoms with Crippen LogP contribution in [0.15, 0.2) is 17.2 Å². The molecule has 110 valence electrons. The molecule has 1 aromatic heterocycles. The summed E-state index contributed by atoms with van der Waals surface area (Å²) in [7, 11) is 0. The van der Waals surface area contributed by atoms with Crippen LogP contribution in [0.4, 0.5) is 5.82 Å². The number of piperazine rings is 1. The molecule has 0 amide bonds. The zero-order chi connectivity index (χ0) is 14.7. The standard InChI is InChI=1S/C13H20N4O3/c1-10(2)17-4-3-14-12(13(17)20)16-7-5-15(6-8-16)9-11(18)19/h3-4,10H,5-9H2,1-2H3,(H,18,19). The summed E-state index contributed by atoms with van der Waals surface area (Å²) in [6.07, 6.45) is 3.33. The van der Waals surface area contributed by atoms with E-state index in [2.05, 4.69) is 4.98 Å². The van der Waals surface area contributed by atoms with E-state index < -0.39 is 5.97 Å². The van der Waals surface area contributed by atoms with Gasteiger partial charge in [0.1, 0.15) is 0 Å². The first-order valence-corrected chi connectivity index (χ1v) is 6.75. The van der Waals surface area contributed by atoms with Crippen LogP contribution in [-0.4, -0.2) is 58.3 Å². The molecule has 1 aliphatic rings. The molecule has 7 heteroatoms. The SMILES string of the molecule is CC(C)n1ccnc(N2CCN(CC(=O)O)CC2)c1=O. The summed E-state index contributed by atoms with van der Waals surface area (Å²) < 4.78 is 1.66. The van der Waals surface area contributed by atoms with E-state index >= 15 is 0 Å². The summed E-state index contributed by atoms with van der Waals surface area (Å²) in [6.45, 7) is 6.46. The van der Waals surface area contributed by atoms with Gasteiger partial charge < -0.3 is 14.6 Å². The molecular formula is C13H20N4O3. The lowest BCUT2D eigenvalue weighted by Crippen LogP contribution is -2.49. The number of rotatable bonds is 4. The lowest BCUT2D eigenvalue weighted by atomic mass is 10.3. The monoisotopic (exact) mass is 280 g/mol. The van der Waals surface area contributed by atoms with Gasteiger partial charge in [0.25, 0.3) is 5.56 Å². The second-order valence-electron chi connectivity index (χ2n) is 5.21. The number of carbonyl (C=O) groups is 1. The third-order valence-electron chi connectivity index (χ3n) is 3.44. The van der Waals surface area contributed by atoms with Crippen molar-refractivity contribution in [2.75, 3.05) is 37.6 Å². The maximum Gasteiger partial charge on any atom is 0.317 e. The fourth-order valence-electron chi connectivity index (χ4n) is 2.35. The van der Waals surface area contributed by atoms with Gasteiger partial charge in [-0.15, -0.1) is 0 Å². The number of anilines is 1. The summed E-state index contributed by atoms with van der Waals surface area (Å²) in [6, 6.07) is 0.0950. The molecule has 1 saturated heterocycles. The third-order valence-corrected chi connectivity index (χ3v) is 3.44. The second kappa shape index (κ2) is 6.04. The van der Waals surface area contributed by atoms with Gasteiger partial charge in [-0.2, -0.15) is 0 Å². The molecule has 0 aliphatic carbocycles. The van der Waals surface area contributed by atoms with Crippen LogP contribution in [0.2, 0.25) is 0 Å². The van der Waals surface area contributed by atoms with Gasteiger partial charge in [0.15, 0.2) is 5.82 Å². The average Bonchev–Trinajstić information content (AvgIpc) is 2.39. The predicted octanol–water partition coefficient (Wildman–Crippen LogP) is 0.0308. The van der Waals surface area contributed by atoms with Gasteiger partial charge in [-0.1, -0.05) is 0 Å². The molecule has 1 aromatic rings. The van der Waals surface area contributed by atoms with Crippen molar-refractivity contribution >= 4 is 11.8 Å². The molecule has 1 aliphatic heterocycles. The van der Waals surface area contributed by atoms with Gasteiger partial charge in [-0.25, -0.2) is 4.98 Å². The van der Waals surface area contributed by atoms with Crippen molar-refractivity contribution in [1.82, 2.24) is 14.5 Å². The highest BCUT2D eigenvalue weighted by molar-refractivity contribution is 5.69. The van der Waals surface area contributed by atoms with Crippen molar-refractivity contribution in [2.45, 2.75) is 19.9 Å². The fourth-order valence-corrected chi connectivity index (χ4v) is 2.35. The number of nitrogens with zero attached hydrogens (tertiary/aromatic N) is 4. The van der Waals surface area contributed by atoms with Crippen molar-refractivity contribution in [2.24, 2.45) is 0 Å². The molecule has 20 heavy (non-hydrogen) atoms. The molecule has 1 fully saturated rings. The van der Waals surface area contributed by atoms with Crippen LogP contribution in [0, 0.1) is 0 Å². The molecule has 0 bridgehead atoms. The van der Waals surface area contributed by atoms with E-state index in [0.717, 1.165) is 0 Å². The van der Waals surface area contributed by atoms with Crippen LogP contribution >= 0.6 is 0 Å². The average molecular weight is 280 g/mol. The highest BCUT2D eigenvalue weighted by atomic mass is 16.4. The van der Waals surface area contributed by atoms with Gasteiger partial charge >= 0.3 is 5.97 Å². The van der Waals surface area contributed by atoms with E-state index in [1.165, 1.54) is 0 Å². The maximum absolute atomic E-state index is 12.3. The Balaban J connectivity index is 2.09. The Hall–Kier alpha value is -1.89. The second-order valence-corrected chi connectivity index (χ2v) is 5.21. The van der Waals surface area contributed by atoms with E-state index in [-0.39, 0.29) is 18.1 Å². The van der Waals surface area contributed by atoms with E-state index in [1.807, 2.05) is 23.6 Å². The summed E-state index contributed by atoms with van der Waals surface area (Å²) in [5.41, 5.74) is -0.0887. The van der Waals surface area contributed by atoms with Gasteiger partial charge in [0.2, 0.25) is 0 Å². The fraction of sp³-hybridized carbons (Fsp3) is 0.615. The number of hydrogen-bond acceptors (Lipinski definition) is 5. The molecule has 0 saturated carbocycles. The van der Waals surface area contributed by atoms with Crippen LogP contribution in [0.5, 0.6) is 0 Å². The highest BCUT2D eigenvalue weighted by Crippen LogP contribution is 2.10. The number of aliphatic carboxylic acids is 1. The molecule has 2 rings (SSSR count). The van der Waals surface area contributed by atoms with Crippen LogP contribution in [0.1, 0.15) is 19.9 Å². The topological polar surface area (TPSA) is 78.7 Å². The van der Waals surface area contributed by atoms with Gasteiger partial charge in [-0.3, -0.25) is 14.5 Å². The Bertz CT molecular complexity index is 533. The zero-order valence-corrected chi connectivity index (χ0v) is 11.8. The van der Waals surface area contributed by atoms with Crippen molar-refractivity contribution in [3.05, 3.63) is 22.7 Å². The number of aromatic nitrogens is 2. The molecular weight excluding hydrogens is 260 g/mol. The normalized spacial score (nSPS) is 16.6. The van der Waals surface area contributed by atoms with Crippen molar-refractivity contribution in [3.8, 4) is 0 Å². The predicted molar refractivity (Wildman–Crippen MR) is 75.2 cm³/mol. The van der Waals surface area contributed by atoms with E-state index in [1.54, 1.807) is 17.0 Å². The Morgan fingerprint density at radius 1 is 1.35 bits per heavy atom. The Morgan fingerprint density at radius 3 is 2.55 bits per heavy atom. The molecule has 0 unspecified atom stereocenters. The van der Waals surface area contributed by atoms with Crippen molar-refractivity contribution < 1.29 is 9.90 Å². The van der Waals surface area contributed by atoms with E-state index in [9.17, 15) is 9.59 Å². The van der Waals surface area contributed by atoms with Crippen molar-refractivity contribution in [3.63, 3.8) is 0 Å². The minimum Gasteiger partial charge on any atom is -0.480 e. The first-order valence-electron chi connectivity index (χ1n) is 6.75. The lowest BCUT2D eigenvalue weighted by Gasteiger charge is -2.34. The summed E-state index contributed by atoms with van der Waals surface area (Å²) in [5.74, 6) is -0.366. The molecule has 2 heterocycles. The Kier molecular flexibility index (Phi) is 4.39. The Morgan fingerprint density at radius 2 is 2.00 bits per heavy atom. The Labute approximate surface area is 117 Å². The first-order chi connectivity index (χ1) is 9.49.